The maximum Gasteiger partial charge on any atom is 0.406 e. The quantitative estimate of drug-likeness (QED) is 0.204. The second kappa shape index (κ2) is 13.9. The van der Waals surface area contributed by atoms with E-state index in [0.29, 0.717) is 39.5 Å². The fourth-order valence-corrected chi connectivity index (χ4v) is 8.13. The van der Waals surface area contributed by atoms with Gasteiger partial charge in [0.1, 0.15) is 12.3 Å². The van der Waals surface area contributed by atoms with Gasteiger partial charge in [0.05, 0.1) is 53.7 Å². The van der Waals surface area contributed by atoms with Gasteiger partial charge in [-0.2, -0.15) is 13.2 Å². The molecule has 0 atom stereocenters. The maximum atomic E-state index is 13.7. The molecule has 2 saturated heterocycles. The highest BCUT2D eigenvalue weighted by atomic mass is 32.2. The molecule has 258 valence electrons. The molecule has 3 aliphatic rings. The van der Waals surface area contributed by atoms with Crippen LogP contribution in [0.2, 0.25) is 0 Å². The molecule has 1 spiro atoms. The lowest BCUT2D eigenvalue weighted by molar-refractivity contribution is -0.143. The molecule has 13 heteroatoms. The molecule has 8 nitrogen and oxygen atoms in total. The Morgan fingerprint density at radius 1 is 1.08 bits per heavy atom. The molecule has 2 aliphatic heterocycles. The van der Waals surface area contributed by atoms with E-state index in [1.807, 2.05) is 6.07 Å². The minimum absolute atomic E-state index is 0.0900. The van der Waals surface area contributed by atoms with Gasteiger partial charge in [-0.1, -0.05) is 24.2 Å². The number of hydrogen-bond acceptors (Lipinski definition) is 7. The lowest BCUT2D eigenvalue weighted by atomic mass is 9.75. The first kappa shape index (κ1) is 34.5. The zero-order valence-corrected chi connectivity index (χ0v) is 28.8. The minimum Gasteiger partial charge on any atom is -0.495 e. The number of fused-ring (bicyclic) bond motifs is 1. The van der Waals surface area contributed by atoms with E-state index >= 15 is 0 Å². The molecule has 1 aliphatic carbocycles. The summed E-state index contributed by atoms with van der Waals surface area (Å²) >= 11 is 5.87. The molecule has 2 aromatic carbocycles. The number of nitrogens with one attached hydrogen (secondary N) is 2. The molecule has 3 fully saturated rings. The van der Waals surface area contributed by atoms with E-state index in [4.69, 9.17) is 21.7 Å². The van der Waals surface area contributed by atoms with Crippen molar-refractivity contribution in [3.63, 3.8) is 0 Å². The predicted octanol–water partition coefficient (Wildman–Crippen LogP) is 6.49. The van der Waals surface area contributed by atoms with Crippen LogP contribution in [0.4, 0.5) is 24.5 Å². The lowest BCUT2D eigenvalue weighted by Crippen LogP contribution is -2.53. The minimum atomic E-state index is -4.45. The topological polar surface area (TPSA) is 84.8 Å². The number of rotatable bonds is 8. The number of hydrogen-bond donors (Lipinski definition) is 2. The number of benzene rings is 2. The molecule has 1 saturated carbocycles. The van der Waals surface area contributed by atoms with Crippen LogP contribution < -0.4 is 15.4 Å². The maximum absolute atomic E-state index is 13.7. The first-order valence-corrected chi connectivity index (χ1v) is 18.6. The molecule has 3 aromatic rings. The fourth-order valence-electron chi connectivity index (χ4n) is 7.15. The highest BCUT2D eigenvalue weighted by Crippen LogP contribution is 2.41. The molecular weight excluding hydrogens is 662 g/mol. The average Bonchev–Trinajstić information content (AvgIpc) is 3.38. The second-order valence-electron chi connectivity index (χ2n) is 13.3. The Kier molecular flexibility index (Phi) is 10.0. The number of piperidine rings is 1. The number of thiocarbonyl (C=S) groups is 1. The summed E-state index contributed by atoms with van der Waals surface area (Å²) in [6, 6.07) is 11.9. The van der Waals surface area contributed by atoms with Gasteiger partial charge in [0.25, 0.3) is 0 Å². The smallest absolute Gasteiger partial charge is 0.406 e. The van der Waals surface area contributed by atoms with Crippen molar-refractivity contribution < 1.29 is 31.1 Å². The average molecular weight is 703 g/mol. The van der Waals surface area contributed by atoms with Crippen LogP contribution in [0.1, 0.15) is 44.2 Å². The number of aromatic nitrogens is 1. The molecular formula is C35H41F3N4O4S2. The molecule has 6 rings (SSSR count). The van der Waals surface area contributed by atoms with Crippen LogP contribution in [0.25, 0.3) is 10.9 Å². The number of halogens is 3. The van der Waals surface area contributed by atoms with E-state index in [1.54, 1.807) is 24.3 Å². The first-order valence-electron chi connectivity index (χ1n) is 16.3. The predicted molar refractivity (Wildman–Crippen MR) is 185 cm³/mol. The van der Waals surface area contributed by atoms with Crippen molar-refractivity contribution in [1.82, 2.24) is 9.47 Å². The molecule has 1 aromatic heterocycles. The van der Waals surface area contributed by atoms with E-state index in [-0.39, 0.29) is 23.1 Å². The van der Waals surface area contributed by atoms with Gasteiger partial charge in [-0.3, -0.25) is 0 Å². The van der Waals surface area contributed by atoms with Gasteiger partial charge in [0, 0.05) is 40.8 Å². The molecule has 48 heavy (non-hydrogen) atoms. The third-order valence-corrected chi connectivity index (χ3v) is 11.5. The van der Waals surface area contributed by atoms with Crippen LogP contribution in [0, 0.1) is 23.2 Å². The van der Waals surface area contributed by atoms with Crippen LogP contribution in [0.3, 0.4) is 0 Å². The Morgan fingerprint density at radius 3 is 2.44 bits per heavy atom. The van der Waals surface area contributed by atoms with Gasteiger partial charge in [-0.25, -0.2) is 8.42 Å². The third kappa shape index (κ3) is 7.77. The highest BCUT2D eigenvalue weighted by Gasteiger charge is 2.42. The van der Waals surface area contributed by atoms with E-state index < -0.39 is 22.6 Å². The van der Waals surface area contributed by atoms with Crippen molar-refractivity contribution in [3.8, 4) is 17.6 Å². The van der Waals surface area contributed by atoms with Crippen molar-refractivity contribution in [2.45, 2.75) is 62.2 Å². The Labute approximate surface area is 285 Å². The molecule has 2 N–H and O–H groups in total. The van der Waals surface area contributed by atoms with Crippen molar-refractivity contribution >= 4 is 49.3 Å². The number of nitrogens with zero attached hydrogens (tertiary/aromatic N) is 2. The SMILES string of the molecule is COc1cc(S(C)(=O)=O)ccc1NCC#Cc1cc2c(NC(=S)[C@H]3CC[C@@H](N4CCC5(CC4)COC5)CC3)cccc2n1CC(F)(F)F. The van der Waals surface area contributed by atoms with Crippen molar-refractivity contribution in [3.05, 3.63) is 48.2 Å². The number of ether oxygens (including phenoxy) is 2. The summed E-state index contributed by atoms with van der Waals surface area (Å²) in [6.07, 6.45) is 3.22. The number of methoxy groups -OCH3 is 1. The molecule has 0 radical (unpaired) electrons. The molecule has 3 heterocycles. The summed E-state index contributed by atoms with van der Waals surface area (Å²) in [4.78, 5) is 3.48. The van der Waals surface area contributed by atoms with Crippen LogP contribution >= 0.6 is 12.2 Å². The Bertz CT molecular complexity index is 1830. The monoisotopic (exact) mass is 702 g/mol. The van der Waals surface area contributed by atoms with E-state index in [9.17, 15) is 21.6 Å². The number of sulfone groups is 1. The molecule has 0 unspecified atom stereocenters. The number of anilines is 2. The number of likely N-dealkylation sites (tertiary alicyclic amines) is 1. The summed E-state index contributed by atoms with van der Waals surface area (Å²) < 4.78 is 77.0. The van der Waals surface area contributed by atoms with Gasteiger partial charge in [0.15, 0.2) is 9.84 Å². The van der Waals surface area contributed by atoms with Gasteiger partial charge >= 0.3 is 6.18 Å². The van der Waals surface area contributed by atoms with Crippen LogP contribution in [-0.2, 0) is 21.1 Å². The summed E-state index contributed by atoms with van der Waals surface area (Å²) in [5.74, 6) is 6.34. The largest absolute Gasteiger partial charge is 0.495 e. The van der Waals surface area contributed by atoms with Gasteiger partial charge in [-0.05, 0) is 87.9 Å². The summed E-state index contributed by atoms with van der Waals surface area (Å²) in [7, 11) is -2.00. The molecule has 0 bridgehead atoms. The van der Waals surface area contributed by atoms with Crippen LogP contribution in [-0.4, -0.2) is 81.3 Å². The number of alkyl halides is 3. The van der Waals surface area contributed by atoms with Crippen LogP contribution in [0.5, 0.6) is 5.75 Å². The third-order valence-electron chi connectivity index (χ3n) is 9.98. The van der Waals surface area contributed by atoms with E-state index in [1.165, 1.54) is 36.7 Å². The highest BCUT2D eigenvalue weighted by molar-refractivity contribution is 7.90. The Balaban J connectivity index is 1.13. The standard InChI is InChI=1S/C35H41F3N4O4S2/c1-45-32-20-27(48(2,43)44)12-13-30(32)39-16-4-5-26-19-28-29(6-3-7-31(28)42(26)21-35(36,37)38)40-33(47)24-8-10-25(11-9-24)41-17-14-34(15-18-41)22-46-23-34/h3,6-7,12-13,19-20,24-25,39H,8-11,14-18,21-23H2,1-2H3,(H,40,47)/t24-,25+. The summed E-state index contributed by atoms with van der Waals surface area (Å²) in [5.41, 5.74) is 2.24. The summed E-state index contributed by atoms with van der Waals surface area (Å²) in [5, 5.41) is 7.07. The van der Waals surface area contributed by atoms with Gasteiger partial charge in [0.2, 0.25) is 0 Å². The zero-order chi connectivity index (χ0) is 34.1. The first-order chi connectivity index (χ1) is 22.8. The van der Waals surface area contributed by atoms with Crippen molar-refractivity contribution in [2.75, 3.05) is 56.8 Å². The second-order valence-corrected chi connectivity index (χ2v) is 15.7. The lowest BCUT2D eigenvalue weighted by Gasteiger charge is -2.49. The van der Waals surface area contributed by atoms with E-state index in [0.717, 1.165) is 63.2 Å². The van der Waals surface area contributed by atoms with Gasteiger partial charge in [-0.15, -0.1) is 0 Å². The zero-order valence-electron chi connectivity index (χ0n) is 27.2. The fraction of sp³-hybridized carbons (Fsp3) is 0.514. The normalized spacial score (nSPS) is 21.3. The van der Waals surface area contributed by atoms with Crippen molar-refractivity contribution in [2.24, 2.45) is 11.3 Å². The van der Waals surface area contributed by atoms with E-state index in [2.05, 4.69) is 27.4 Å². The molecule has 0 amide bonds. The Hall–Kier alpha value is -3.31. The Morgan fingerprint density at radius 2 is 1.81 bits per heavy atom. The van der Waals surface area contributed by atoms with Gasteiger partial charge < -0.3 is 29.6 Å². The summed E-state index contributed by atoms with van der Waals surface area (Å²) in [6.45, 7) is 2.99. The van der Waals surface area contributed by atoms with Crippen LogP contribution in [0.15, 0.2) is 47.4 Å². The van der Waals surface area contributed by atoms with Crippen molar-refractivity contribution in [1.29, 1.82) is 0 Å².